The van der Waals surface area contributed by atoms with E-state index in [2.05, 4.69) is 4.98 Å². The summed E-state index contributed by atoms with van der Waals surface area (Å²) in [7, 11) is -1.81. The maximum Gasteiger partial charge on any atom is 0.254 e. The molecule has 0 bridgehead atoms. The molecular weight excluding hydrogens is 296 g/mol. The number of methoxy groups -OCH3 is 1. The van der Waals surface area contributed by atoms with E-state index >= 15 is 0 Å². The van der Waals surface area contributed by atoms with Gasteiger partial charge in [-0.05, 0) is 18.8 Å². The van der Waals surface area contributed by atoms with Crippen molar-refractivity contribution in [1.82, 2.24) is 9.29 Å². The number of halogens is 1. The molecule has 1 fully saturated rings. The number of hydrogen-bond donors (Lipinski definition) is 0. The second-order valence-electron chi connectivity index (χ2n) is 4.26. The lowest BCUT2D eigenvalue weighted by molar-refractivity contribution is 0.118. The Labute approximate surface area is 116 Å². The summed E-state index contributed by atoms with van der Waals surface area (Å²) in [4.78, 5) is 3.79. The van der Waals surface area contributed by atoms with E-state index < -0.39 is 10.0 Å². The van der Waals surface area contributed by atoms with Crippen LogP contribution in [0.4, 0.5) is 0 Å². The summed E-state index contributed by atoms with van der Waals surface area (Å²) < 4.78 is 31.8. The summed E-state index contributed by atoms with van der Waals surface area (Å²) in [6.45, 7) is 1.65. The molecule has 2 rings (SSSR count). The van der Waals surface area contributed by atoms with Crippen molar-refractivity contribution in [3.05, 3.63) is 10.7 Å². The van der Waals surface area contributed by atoms with Crippen LogP contribution in [0, 0.1) is 5.92 Å². The predicted molar refractivity (Wildman–Crippen MR) is 70.5 cm³/mol. The van der Waals surface area contributed by atoms with Crippen molar-refractivity contribution in [1.29, 1.82) is 0 Å². The highest BCUT2D eigenvalue weighted by Gasteiger charge is 2.31. The lowest BCUT2D eigenvalue weighted by Gasteiger charge is -2.30. The molecule has 1 aromatic rings. The van der Waals surface area contributed by atoms with Gasteiger partial charge in [-0.15, -0.1) is 0 Å². The van der Waals surface area contributed by atoms with Crippen LogP contribution in [-0.4, -0.2) is 44.5 Å². The highest BCUT2D eigenvalue weighted by atomic mass is 35.5. The molecule has 1 atom stereocenters. The molecule has 2 heterocycles. The van der Waals surface area contributed by atoms with Gasteiger partial charge in [0.25, 0.3) is 10.0 Å². The van der Waals surface area contributed by atoms with Crippen molar-refractivity contribution < 1.29 is 13.2 Å². The van der Waals surface area contributed by atoms with E-state index in [4.69, 9.17) is 16.3 Å². The van der Waals surface area contributed by atoms with Gasteiger partial charge in [0.15, 0.2) is 8.68 Å². The monoisotopic (exact) mass is 310 g/mol. The first kappa shape index (κ1) is 14.2. The van der Waals surface area contributed by atoms with Gasteiger partial charge in [-0.2, -0.15) is 4.31 Å². The minimum Gasteiger partial charge on any atom is -0.384 e. The molecular formula is C10H15ClN2O3S2. The zero-order valence-electron chi connectivity index (χ0n) is 10.0. The molecule has 1 aliphatic heterocycles. The fraction of sp³-hybridized carbons (Fsp3) is 0.700. The second kappa shape index (κ2) is 5.83. The van der Waals surface area contributed by atoms with Crippen LogP contribution < -0.4 is 0 Å². The van der Waals surface area contributed by atoms with Gasteiger partial charge in [-0.25, -0.2) is 13.4 Å². The maximum atomic E-state index is 12.3. The second-order valence-corrected chi connectivity index (χ2v) is 8.04. The first-order chi connectivity index (χ1) is 8.54. The third-order valence-corrected chi connectivity index (χ3v) is 6.35. The minimum atomic E-state index is -3.44. The van der Waals surface area contributed by atoms with E-state index in [0.717, 1.165) is 24.2 Å². The van der Waals surface area contributed by atoms with Gasteiger partial charge in [-0.3, -0.25) is 0 Å². The van der Waals surface area contributed by atoms with Crippen molar-refractivity contribution in [2.24, 2.45) is 5.92 Å². The Hall–Kier alpha value is -0.210. The van der Waals surface area contributed by atoms with Crippen LogP contribution >= 0.6 is 22.9 Å². The number of sulfonamides is 1. The number of piperidine rings is 1. The molecule has 5 nitrogen and oxygen atoms in total. The van der Waals surface area contributed by atoms with Crippen LogP contribution in [0.3, 0.4) is 0 Å². The van der Waals surface area contributed by atoms with Gasteiger partial charge in [0.05, 0.1) is 12.8 Å². The Morgan fingerprint density at radius 2 is 2.44 bits per heavy atom. The highest BCUT2D eigenvalue weighted by molar-refractivity contribution is 7.91. The topological polar surface area (TPSA) is 59.5 Å². The first-order valence-electron chi connectivity index (χ1n) is 5.64. The standard InChI is InChI=1S/C10H15ClN2O3S2/c1-16-7-8-3-2-4-13(6-8)18(14,15)9-5-12-10(11)17-9/h5,8H,2-4,6-7H2,1H3. The van der Waals surface area contributed by atoms with Gasteiger partial charge in [0.1, 0.15) is 0 Å². The smallest absolute Gasteiger partial charge is 0.254 e. The summed E-state index contributed by atoms with van der Waals surface area (Å²) in [5.41, 5.74) is 0. The minimum absolute atomic E-state index is 0.213. The van der Waals surface area contributed by atoms with Crippen molar-refractivity contribution in [3.63, 3.8) is 0 Å². The van der Waals surface area contributed by atoms with Gasteiger partial charge >= 0.3 is 0 Å². The SMILES string of the molecule is COCC1CCCN(S(=O)(=O)c2cnc(Cl)s2)C1. The Morgan fingerprint density at radius 1 is 1.67 bits per heavy atom. The van der Waals surface area contributed by atoms with Crippen LogP contribution in [0.2, 0.25) is 4.47 Å². The molecule has 8 heteroatoms. The molecule has 0 aromatic carbocycles. The van der Waals surface area contributed by atoms with Crippen molar-refractivity contribution in [2.45, 2.75) is 17.1 Å². The fourth-order valence-corrected chi connectivity index (χ4v) is 5.11. The van der Waals surface area contributed by atoms with Gasteiger partial charge in [0.2, 0.25) is 0 Å². The van der Waals surface area contributed by atoms with E-state index in [-0.39, 0.29) is 14.6 Å². The van der Waals surface area contributed by atoms with Crippen LogP contribution in [0.15, 0.2) is 10.4 Å². The molecule has 102 valence electrons. The molecule has 1 saturated heterocycles. The van der Waals surface area contributed by atoms with Crippen molar-refractivity contribution in [3.8, 4) is 0 Å². The van der Waals surface area contributed by atoms with Crippen molar-refractivity contribution >= 4 is 33.0 Å². The Kier molecular flexibility index (Phi) is 4.60. The summed E-state index contributed by atoms with van der Waals surface area (Å²) in [6, 6.07) is 0. The fourth-order valence-electron chi connectivity index (χ4n) is 2.10. The van der Waals surface area contributed by atoms with E-state index in [1.54, 1.807) is 7.11 Å². The first-order valence-corrected chi connectivity index (χ1v) is 8.28. The average Bonchev–Trinajstić information content (AvgIpc) is 2.77. The third kappa shape index (κ3) is 3.03. The van der Waals surface area contributed by atoms with Crippen LogP contribution in [0.5, 0.6) is 0 Å². The van der Waals surface area contributed by atoms with E-state index in [1.807, 2.05) is 0 Å². The molecule has 0 saturated carbocycles. The molecule has 0 N–H and O–H groups in total. The van der Waals surface area contributed by atoms with Crippen LogP contribution in [-0.2, 0) is 14.8 Å². The lowest BCUT2D eigenvalue weighted by Crippen LogP contribution is -2.40. The highest BCUT2D eigenvalue weighted by Crippen LogP contribution is 2.28. The molecule has 1 aliphatic rings. The zero-order valence-corrected chi connectivity index (χ0v) is 12.4. The maximum absolute atomic E-state index is 12.3. The predicted octanol–water partition coefficient (Wildman–Crippen LogP) is 1.84. The molecule has 0 spiro atoms. The molecule has 0 amide bonds. The summed E-state index contributed by atoms with van der Waals surface area (Å²) in [5, 5.41) is 0. The molecule has 0 radical (unpaired) electrons. The number of thiazole rings is 1. The van der Waals surface area contributed by atoms with E-state index in [1.165, 1.54) is 10.5 Å². The largest absolute Gasteiger partial charge is 0.384 e. The van der Waals surface area contributed by atoms with Crippen LogP contribution in [0.1, 0.15) is 12.8 Å². The Morgan fingerprint density at radius 3 is 3.06 bits per heavy atom. The number of rotatable bonds is 4. The van der Waals surface area contributed by atoms with Gasteiger partial charge in [-0.1, -0.05) is 22.9 Å². The third-order valence-electron chi connectivity index (χ3n) is 2.93. The number of aromatic nitrogens is 1. The Bertz CT molecular complexity index is 501. The Balaban J connectivity index is 2.15. The average molecular weight is 311 g/mol. The quantitative estimate of drug-likeness (QED) is 0.851. The summed E-state index contributed by atoms with van der Waals surface area (Å²) in [5.74, 6) is 0.266. The summed E-state index contributed by atoms with van der Waals surface area (Å²) >= 11 is 6.68. The molecule has 1 unspecified atom stereocenters. The molecule has 1 aromatic heterocycles. The number of hydrogen-bond acceptors (Lipinski definition) is 5. The summed E-state index contributed by atoms with van der Waals surface area (Å²) in [6.07, 6.45) is 3.19. The molecule has 0 aliphatic carbocycles. The van der Waals surface area contributed by atoms with Gasteiger partial charge in [0, 0.05) is 20.2 Å². The number of nitrogens with zero attached hydrogens (tertiary/aromatic N) is 2. The normalized spacial score (nSPS) is 22.2. The van der Waals surface area contributed by atoms with Crippen molar-refractivity contribution in [2.75, 3.05) is 26.8 Å². The zero-order chi connectivity index (χ0) is 13.2. The van der Waals surface area contributed by atoms with Crippen LogP contribution in [0.25, 0.3) is 0 Å². The molecule has 18 heavy (non-hydrogen) atoms. The van der Waals surface area contributed by atoms with Gasteiger partial charge < -0.3 is 4.74 Å². The van der Waals surface area contributed by atoms with E-state index in [9.17, 15) is 8.42 Å². The number of ether oxygens (including phenoxy) is 1. The van der Waals surface area contributed by atoms with E-state index in [0.29, 0.717) is 19.7 Å². The lowest BCUT2D eigenvalue weighted by atomic mass is 10.0.